The Bertz CT molecular complexity index is 3100. The number of sulfonamides is 2. The van der Waals surface area contributed by atoms with Crippen LogP contribution in [0.25, 0.3) is 11.4 Å². The summed E-state index contributed by atoms with van der Waals surface area (Å²) in [6.07, 6.45) is 13.0. The highest BCUT2D eigenvalue weighted by Crippen LogP contribution is 2.40. The third-order valence-corrected chi connectivity index (χ3v) is 20.3. The molecule has 0 spiro atoms. The minimum Gasteiger partial charge on any atom is -0.381 e. The number of alkyl halides is 3. The van der Waals surface area contributed by atoms with Crippen molar-refractivity contribution in [3.63, 3.8) is 0 Å². The van der Waals surface area contributed by atoms with Crippen LogP contribution < -0.4 is 20.1 Å². The number of hydrogen-bond donors (Lipinski definition) is 4. The van der Waals surface area contributed by atoms with E-state index in [0.29, 0.717) is 72.9 Å². The topological polar surface area (TPSA) is 179 Å². The summed E-state index contributed by atoms with van der Waals surface area (Å²) in [6, 6.07) is 8.35. The van der Waals surface area contributed by atoms with Crippen LogP contribution in [0.4, 0.5) is 13.2 Å². The molecule has 2 unspecified atom stereocenters. The van der Waals surface area contributed by atoms with E-state index in [2.05, 4.69) is 24.6 Å². The van der Waals surface area contributed by atoms with Crippen molar-refractivity contribution in [1.29, 1.82) is 0 Å². The standard InChI is InChI=1S/C61H87F3N6O8S2/c1-39-48(56(71)65-43-25-28-77-29-26-43)37-69(52(39)31-41-17-13-11-14-18-41)45-21-23-54(50(34-45)58(3,4)5)80(75,76)68-60(9,10)36-47-33-44(27-30-78-47)66-57(72)49-38-70(53(40(49)2)32-42-19-15-12-16-20-42)46-22-24-55(51(35-46)61(62,63)64)79(73,74)67-59(6,7)8/h21-24,34-35,37-38,41-44,47,67-68H,11-20,25-33,36H2,1-10H3,(H,65,71)(H,66,72). The molecular weight excluding hydrogens is 1070 g/mol. The summed E-state index contributed by atoms with van der Waals surface area (Å²) < 4.78 is 121. The summed E-state index contributed by atoms with van der Waals surface area (Å²) in [5.74, 6) is 0.237. The number of rotatable bonds is 17. The second-order valence-corrected chi connectivity index (χ2v) is 29.4. The number of benzene rings is 2. The number of hydrogen-bond acceptors (Lipinski definition) is 8. The van der Waals surface area contributed by atoms with Gasteiger partial charge in [-0.2, -0.15) is 13.2 Å². The van der Waals surface area contributed by atoms with E-state index in [9.17, 15) is 39.6 Å². The molecule has 2 saturated carbocycles. The van der Waals surface area contributed by atoms with Crippen molar-refractivity contribution in [2.75, 3.05) is 19.8 Å². The maximum absolute atomic E-state index is 14.8. The van der Waals surface area contributed by atoms with Gasteiger partial charge in [0.1, 0.15) is 0 Å². The van der Waals surface area contributed by atoms with Crippen molar-refractivity contribution in [2.45, 2.75) is 229 Å². The molecule has 4 N–H and O–H groups in total. The van der Waals surface area contributed by atoms with Gasteiger partial charge in [-0.3, -0.25) is 9.59 Å². The molecule has 2 aromatic heterocycles. The molecule has 4 aliphatic rings. The first-order valence-corrected chi connectivity index (χ1v) is 32.0. The zero-order chi connectivity index (χ0) is 58.2. The lowest BCUT2D eigenvalue weighted by molar-refractivity contribution is -0.139. The number of amides is 2. The zero-order valence-corrected chi connectivity index (χ0v) is 50.4. The van der Waals surface area contributed by atoms with Gasteiger partial charge in [-0.15, -0.1) is 0 Å². The molecule has 2 saturated heterocycles. The summed E-state index contributed by atoms with van der Waals surface area (Å²) in [4.78, 5) is 27.6. The van der Waals surface area contributed by atoms with Crippen molar-refractivity contribution in [3.05, 3.63) is 93.6 Å². The van der Waals surface area contributed by atoms with Crippen molar-refractivity contribution in [3.8, 4) is 11.4 Å². The Kier molecular flexibility index (Phi) is 18.7. The Morgan fingerprint density at radius 1 is 0.600 bits per heavy atom. The SMILES string of the molecule is Cc1c(C(=O)NC2CCOCC2)cn(-c2ccc(S(=O)(=O)NC(C)(C)CC3CC(NC(=O)c4cn(-c5ccc(S(=O)(=O)NC(C)(C)C)c(C(F)(F)F)c5)c(CC5CCCCC5)c4C)CCO3)c(C(C)(C)C)c2)c1CC1CCCCC1. The molecule has 4 fully saturated rings. The first-order chi connectivity index (χ1) is 37.4. The molecule has 14 nitrogen and oxygen atoms in total. The first kappa shape index (κ1) is 61.5. The number of halogens is 3. The molecule has 0 bridgehead atoms. The fraction of sp³-hybridized carbons (Fsp3) is 0.639. The predicted molar refractivity (Wildman–Crippen MR) is 306 cm³/mol. The molecule has 19 heteroatoms. The smallest absolute Gasteiger partial charge is 0.381 e. The fourth-order valence-electron chi connectivity index (χ4n) is 12.7. The molecule has 0 radical (unpaired) electrons. The molecule has 80 heavy (non-hydrogen) atoms. The summed E-state index contributed by atoms with van der Waals surface area (Å²) >= 11 is 0. The van der Waals surface area contributed by atoms with Crippen LogP contribution in [-0.2, 0) is 54.0 Å². The molecule has 2 aromatic carbocycles. The van der Waals surface area contributed by atoms with Gasteiger partial charge in [0.15, 0.2) is 0 Å². The van der Waals surface area contributed by atoms with Crippen LogP contribution in [0.3, 0.4) is 0 Å². The Morgan fingerprint density at radius 3 is 1.52 bits per heavy atom. The van der Waals surface area contributed by atoms with Crippen LogP contribution in [0, 0.1) is 25.7 Å². The number of carbonyl (C=O) groups excluding carboxylic acids is 2. The highest BCUT2D eigenvalue weighted by Gasteiger charge is 2.40. The average molecular weight is 1150 g/mol. The van der Waals surface area contributed by atoms with Crippen LogP contribution >= 0.6 is 0 Å². The van der Waals surface area contributed by atoms with Gasteiger partial charge in [0, 0.05) is 78.1 Å². The van der Waals surface area contributed by atoms with Crippen LogP contribution in [-0.4, -0.2) is 86.9 Å². The normalized spacial score (nSPS) is 20.0. The molecule has 442 valence electrons. The van der Waals surface area contributed by atoms with Gasteiger partial charge in [0.2, 0.25) is 20.0 Å². The third-order valence-electron chi connectivity index (χ3n) is 16.7. The zero-order valence-electron chi connectivity index (χ0n) is 48.8. The van der Waals surface area contributed by atoms with Gasteiger partial charge in [-0.1, -0.05) is 85.0 Å². The Morgan fingerprint density at radius 2 is 1.05 bits per heavy atom. The van der Waals surface area contributed by atoms with Crippen molar-refractivity contribution < 1.29 is 49.1 Å². The lowest BCUT2D eigenvalue weighted by atomic mass is 9.85. The average Bonchev–Trinajstić information content (AvgIpc) is 3.96. The van der Waals surface area contributed by atoms with E-state index in [1.807, 2.05) is 66.8 Å². The van der Waals surface area contributed by atoms with Crippen LogP contribution in [0.5, 0.6) is 0 Å². The maximum Gasteiger partial charge on any atom is 0.417 e. The Labute approximate surface area is 473 Å². The largest absolute Gasteiger partial charge is 0.417 e. The van der Waals surface area contributed by atoms with E-state index in [0.717, 1.165) is 93.3 Å². The van der Waals surface area contributed by atoms with Crippen molar-refractivity contribution in [2.24, 2.45) is 11.8 Å². The Hall–Kier alpha value is -4.53. The monoisotopic (exact) mass is 1150 g/mol. The highest BCUT2D eigenvalue weighted by atomic mass is 32.2. The summed E-state index contributed by atoms with van der Waals surface area (Å²) in [6.45, 7) is 19.7. The molecule has 8 rings (SSSR count). The van der Waals surface area contributed by atoms with Gasteiger partial charge < -0.3 is 29.2 Å². The molecule has 2 aliphatic carbocycles. The van der Waals surface area contributed by atoms with Crippen LogP contribution in [0.2, 0.25) is 0 Å². The van der Waals surface area contributed by atoms with Gasteiger partial charge in [-0.05, 0) is 164 Å². The molecule has 2 atom stereocenters. The van der Waals surface area contributed by atoms with E-state index < -0.39 is 65.2 Å². The molecule has 2 amide bonds. The van der Waals surface area contributed by atoms with Gasteiger partial charge in [-0.25, -0.2) is 26.3 Å². The van der Waals surface area contributed by atoms with Gasteiger partial charge >= 0.3 is 6.18 Å². The molecule has 2 aliphatic heterocycles. The second-order valence-electron chi connectivity index (χ2n) is 26.1. The summed E-state index contributed by atoms with van der Waals surface area (Å²) in [7, 11) is -8.70. The second kappa shape index (κ2) is 24.4. The van der Waals surface area contributed by atoms with E-state index in [4.69, 9.17) is 9.47 Å². The minimum absolute atomic E-state index is 0.0389. The fourth-order valence-corrected chi connectivity index (χ4v) is 16.1. The summed E-state index contributed by atoms with van der Waals surface area (Å²) in [5, 5.41) is 6.43. The lowest BCUT2D eigenvalue weighted by Gasteiger charge is -2.36. The third kappa shape index (κ3) is 15.0. The molecular formula is C61H87F3N6O8S2. The van der Waals surface area contributed by atoms with Crippen LogP contribution in [0.1, 0.15) is 206 Å². The van der Waals surface area contributed by atoms with Crippen molar-refractivity contribution in [1.82, 2.24) is 29.2 Å². The number of ether oxygens (including phenoxy) is 2. The minimum atomic E-state index is -5.00. The number of nitrogens with zero attached hydrogens (tertiary/aromatic N) is 2. The molecule has 4 heterocycles. The van der Waals surface area contributed by atoms with E-state index >= 15 is 0 Å². The lowest BCUT2D eigenvalue weighted by Crippen LogP contribution is -2.49. The van der Waals surface area contributed by atoms with E-state index in [1.54, 1.807) is 37.6 Å². The predicted octanol–water partition coefficient (Wildman–Crippen LogP) is 11.9. The van der Waals surface area contributed by atoms with Crippen LogP contribution in [0.15, 0.2) is 58.6 Å². The number of nitrogens with one attached hydrogen (secondary N) is 4. The highest BCUT2D eigenvalue weighted by molar-refractivity contribution is 7.90. The quantitative estimate of drug-likeness (QED) is 0.0807. The number of carbonyl (C=O) groups is 2. The first-order valence-electron chi connectivity index (χ1n) is 29.1. The number of aromatic nitrogens is 2. The maximum atomic E-state index is 14.8. The summed E-state index contributed by atoms with van der Waals surface area (Å²) in [5.41, 5.74) is 1.83. The van der Waals surface area contributed by atoms with Crippen molar-refractivity contribution >= 4 is 31.9 Å². The van der Waals surface area contributed by atoms with E-state index in [1.165, 1.54) is 25.3 Å². The molecule has 4 aromatic rings. The Balaban J connectivity index is 1.01. The van der Waals surface area contributed by atoms with Gasteiger partial charge in [0.25, 0.3) is 11.8 Å². The van der Waals surface area contributed by atoms with E-state index in [-0.39, 0.29) is 40.9 Å². The van der Waals surface area contributed by atoms with Gasteiger partial charge in [0.05, 0.1) is 32.6 Å².